The van der Waals surface area contributed by atoms with E-state index in [2.05, 4.69) is 5.32 Å². The summed E-state index contributed by atoms with van der Waals surface area (Å²) in [7, 11) is 0. The molecule has 0 spiro atoms. The summed E-state index contributed by atoms with van der Waals surface area (Å²) < 4.78 is 22.4. The fourth-order valence-electron chi connectivity index (χ4n) is 3.13. The van der Waals surface area contributed by atoms with Gasteiger partial charge < -0.3 is 4.74 Å². The summed E-state index contributed by atoms with van der Waals surface area (Å²) in [6.45, 7) is 9.05. The second-order valence-corrected chi connectivity index (χ2v) is 8.58. The molecule has 7 nitrogen and oxygen atoms in total. The van der Waals surface area contributed by atoms with Crippen molar-refractivity contribution >= 4 is 22.7 Å². The van der Waals surface area contributed by atoms with Crippen LogP contribution in [0.2, 0.25) is 0 Å². The van der Waals surface area contributed by atoms with Gasteiger partial charge >= 0.3 is 11.8 Å². The zero-order valence-corrected chi connectivity index (χ0v) is 16.8. The maximum absolute atomic E-state index is 14.6. The predicted molar refractivity (Wildman–Crippen MR) is 105 cm³/mol. The molecule has 0 bridgehead atoms. The van der Waals surface area contributed by atoms with E-state index in [0.29, 0.717) is 12.5 Å². The average molecular weight is 391 g/mol. The molecule has 1 saturated carbocycles. The lowest BCUT2D eigenvalue weighted by Crippen LogP contribution is -2.41. The number of halogens is 1. The molecule has 0 unspecified atom stereocenters. The van der Waals surface area contributed by atoms with Crippen LogP contribution < -0.4 is 16.6 Å². The van der Waals surface area contributed by atoms with Gasteiger partial charge in [-0.25, -0.2) is 14.0 Å². The molecule has 0 aliphatic heterocycles. The number of aromatic nitrogens is 2. The Hall–Kier alpha value is -2.64. The molecule has 0 atom stereocenters. The van der Waals surface area contributed by atoms with Gasteiger partial charge in [0.15, 0.2) is 0 Å². The topological polar surface area (TPSA) is 82.3 Å². The molecule has 0 saturated heterocycles. The van der Waals surface area contributed by atoms with Gasteiger partial charge in [-0.3, -0.25) is 19.2 Å². The van der Waals surface area contributed by atoms with Gasteiger partial charge in [0.25, 0.3) is 5.56 Å². The highest BCUT2D eigenvalue weighted by molar-refractivity contribution is 5.90. The Balaban J connectivity index is 2.15. The van der Waals surface area contributed by atoms with E-state index in [-0.39, 0.29) is 22.6 Å². The Morgan fingerprint density at radius 1 is 1.29 bits per heavy atom. The number of anilines is 1. The highest BCUT2D eigenvalue weighted by Gasteiger charge is 2.26. The number of amides is 1. The lowest BCUT2D eigenvalue weighted by molar-refractivity contribution is 0.0635. The Morgan fingerprint density at radius 2 is 1.93 bits per heavy atom. The summed E-state index contributed by atoms with van der Waals surface area (Å²) >= 11 is 0. The number of ether oxygens (including phenoxy) is 1. The van der Waals surface area contributed by atoms with Crippen LogP contribution in [0.1, 0.15) is 53.5 Å². The van der Waals surface area contributed by atoms with Gasteiger partial charge in [0, 0.05) is 18.7 Å². The highest BCUT2D eigenvalue weighted by atomic mass is 19.1. The summed E-state index contributed by atoms with van der Waals surface area (Å²) in [6, 6.07) is 2.13. The van der Waals surface area contributed by atoms with Gasteiger partial charge in [-0.1, -0.05) is 0 Å². The molecule has 1 amide bonds. The third kappa shape index (κ3) is 4.10. The van der Waals surface area contributed by atoms with E-state index in [1.807, 2.05) is 0 Å². The number of nitrogens with one attached hydrogen (secondary N) is 1. The zero-order chi connectivity index (χ0) is 20.8. The van der Waals surface area contributed by atoms with Crippen LogP contribution >= 0.6 is 0 Å². The second kappa shape index (κ2) is 7.07. The van der Waals surface area contributed by atoms with Crippen molar-refractivity contribution < 1.29 is 13.9 Å². The van der Waals surface area contributed by atoms with Crippen LogP contribution in [0.5, 0.6) is 0 Å². The molecule has 0 radical (unpaired) electrons. The molecular formula is C20H26FN3O4. The summed E-state index contributed by atoms with van der Waals surface area (Å²) in [5, 5.41) is 2.53. The van der Waals surface area contributed by atoms with E-state index in [9.17, 15) is 18.8 Å². The third-order valence-electron chi connectivity index (χ3n) is 4.55. The number of carbonyl (C=O) groups is 1. The van der Waals surface area contributed by atoms with E-state index in [1.165, 1.54) is 15.2 Å². The van der Waals surface area contributed by atoms with Gasteiger partial charge in [-0.2, -0.15) is 0 Å². The number of benzene rings is 1. The van der Waals surface area contributed by atoms with E-state index in [1.54, 1.807) is 34.6 Å². The highest BCUT2D eigenvalue weighted by Crippen LogP contribution is 2.30. The third-order valence-corrected chi connectivity index (χ3v) is 4.55. The van der Waals surface area contributed by atoms with Crippen molar-refractivity contribution in [3.63, 3.8) is 0 Å². The van der Waals surface area contributed by atoms with Crippen molar-refractivity contribution in [2.24, 2.45) is 5.92 Å². The Bertz CT molecular complexity index is 1040. The molecule has 8 heteroatoms. The maximum Gasteiger partial charge on any atom is 0.412 e. The molecule has 1 aliphatic carbocycles. The Labute approximate surface area is 162 Å². The van der Waals surface area contributed by atoms with Gasteiger partial charge in [0.05, 0.1) is 16.6 Å². The lowest BCUT2D eigenvalue weighted by Gasteiger charge is -2.20. The standard InChI is InChI=1S/C20H26FN3O4/c1-11(2)24-16-9-14(21)15(22-18(26)28-20(3,4)5)8-13(16)17(25)23(19(24)27)10-12-6-7-12/h8-9,11-12H,6-7,10H2,1-5H3,(H,22,26). The normalized spacial score (nSPS) is 14.5. The molecular weight excluding hydrogens is 365 g/mol. The quantitative estimate of drug-likeness (QED) is 0.863. The van der Waals surface area contributed by atoms with E-state index < -0.39 is 28.8 Å². The number of nitrogens with zero attached hydrogens (tertiary/aromatic N) is 2. The first kappa shape index (κ1) is 20.1. The molecule has 1 aromatic heterocycles. The Kier molecular flexibility index (Phi) is 5.08. The molecule has 1 fully saturated rings. The largest absolute Gasteiger partial charge is 0.444 e. The first-order valence-corrected chi connectivity index (χ1v) is 9.46. The van der Waals surface area contributed by atoms with Crippen LogP contribution in [-0.4, -0.2) is 20.8 Å². The van der Waals surface area contributed by atoms with Crippen LogP contribution in [0.3, 0.4) is 0 Å². The minimum absolute atomic E-state index is 0.161. The van der Waals surface area contributed by atoms with Crippen molar-refractivity contribution in [3.05, 3.63) is 38.8 Å². The van der Waals surface area contributed by atoms with Crippen molar-refractivity contribution in [3.8, 4) is 0 Å². The first-order valence-electron chi connectivity index (χ1n) is 9.46. The smallest absolute Gasteiger partial charge is 0.412 e. The van der Waals surface area contributed by atoms with E-state index in [4.69, 9.17) is 4.74 Å². The van der Waals surface area contributed by atoms with Gasteiger partial charge in [0.2, 0.25) is 0 Å². The molecule has 1 heterocycles. The molecule has 3 rings (SSSR count). The number of hydrogen-bond acceptors (Lipinski definition) is 4. The number of carbonyl (C=O) groups excluding carboxylic acids is 1. The van der Waals surface area contributed by atoms with Gasteiger partial charge in [0.1, 0.15) is 11.4 Å². The molecule has 1 aliphatic rings. The summed E-state index contributed by atoms with van der Waals surface area (Å²) in [4.78, 5) is 37.8. The van der Waals surface area contributed by atoms with Crippen LogP contribution in [-0.2, 0) is 11.3 Å². The van der Waals surface area contributed by atoms with Gasteiger partial charge in [-0.05, 0) is 59.4 Å². The zero-order valence-electron chi connectivity index (χ0n) is 16.8. The fraction of sp³-hybridized carbons (Fsp3) is 0.550. The first-order chi connectivity index (χ1) is 13.0. The Morgan fingerprint density at radius 3 is 2.46 bits per heavy atom. The van der Waals surface area contributed by atoms with Crippen molar-refractivity contribution in [1.29, 1.82) is 0 Å². The van der Waals surface area contributed by atoms with E-state index in [0.717, 1.165) is 18.9 Å². The number of rotatable bonds is 4. The fourth-order valence-corrected chi connectivity index (χ4v) is 3.13. The monoisotopic (exact) mass is 391 g/mol. The summed E-state index contributed by atoms with van der Waals surface area (Å²) in [5.41, 5.74) is -1.61. The molecule has 28 heavy (non-hydrogen) atoms. The lowest BCUT2D eigenvalue weighted by atomic mass is 10.2. The number of fused-ring (bicyclic) bond motifs is 1. The minimum Gasteiger partial charge on any atom is -0.444 e. The van der Waals surface area contributed by atoms with Crippen molar-refractivity contribution in [2.75, 3.05) is 5.32 Å². The SMILES string of the molecule is CC(C)n1c(=O)n(CC2CC2)c(=O)c2cc(NC(=O)OC(C)(C)C)c(F)cc21. The molecule has 1 N–H and O–H groups in total. The summed E-state index contributed by atoms with van der Waals surface area (Å²) in [6.07, 6.45) is 1.15. The minimum atomic E-state index is -0.818. The molecule has 2 aromatic rings. The maximum atomic E-state index is 14.6. The molecule has 152 valence electrons. The van der Waals surface area contributed by atoms with Crippen molar-refractivity contribution in [1.82, 2.24) is 9.13 Å². The average Bonchev–Trinajstić information content (AvgIpc) is 3.35. The van der Waals surface area contributed by atoms with Crippen LogP contribution in [0.4, 0.5) is 14.9 Å². The molecule has 1 aromatic carbocycles. The van der Waals surface area contributed by atoms with Crippen LogP contribution in [0.25, 0.3) is 10.9 Å². The number of hydrogen-bond donors (Lipinski definition) is 1. The van der Waals surface area contributed by atoms with Gasteiger partial charge in [-0.15, -0.1) is 0 Å². The summed E-state index contributed by atoms with van der Waals surface area (Å²) in [5.74, 6) is -0.422. The van der Waals surface area contributed by atoms with Crippen LogP contribution in [0.15, 0.2) is 21.7 Å². The van der Waals surface area contributed by atoms with E-state index >= 15 is 0 Å². The van der Waals surface area contributed by atoms with Crippen molar-refractivity contribution in [2.45, 2.75) is 65.6 Å². The van der Waals surface area contributed by atoms with Crippen LogP contribution in [0, 0.1) is 11.7 Å². The predicted octanol–water partition coefficient (Wildman–Crippen LogP) is 3.64. The second-order valence-electron chi connectivity index (χ2n) is 8.58.